The summed E-state index contributed by atoms with van der Waals surface area (Å²) in [6.07, 6.45) is 4.87. The summed E-state index contributed by atoms with van der Waals surface area (Å²) < 4.78 is 22.0. The van der Waals surface area contributed by atoms with Crippen LogP contribution in [0.5, 0.6) is 0 Å². The molecule has 0 unspecified atom stereocenters. The summed E-state index contributed by atoms with van der Waals surface area (Å²) in [6.45, 7) is 2.48. The molecule has 0 radical (unpaired) electrons. The van der Waals surface area contributed by atoms with Crippen molar-refractivity contribution < 1.29 is 13.9 Å². The molecule has 0 bridgehead atoms. The second-order valence-electron chi connectivity index (χ2n) is 5.81. The van der Waals surface area contributed by atoms with Crippen LogP contribution in [-0.2, 0) is 16.1 Å². The third-order valence-corrected chi connectivity index (χ3v) is 4.40. The molecule has 2 aromatic carbocycles. The highest BCUT2D eigenvalue weighted by Crippen LogP contribution is 2.23. The van der Waals surface area contributed by atoms with Gasteiger partial charge in [0.25, 0.3) is 0 Å². The number of nitrogens with zero attached hydrogens (tertiary/aromatic N) is 2. The SMILES string of the molecule is CCOC(=O)/C(=C/c1cc(Br)ccc1F)c1nccn1Cc1ccccc1. The van der Waals surface area contributed by atoms with E-state index in [0.717, 1.165) is 5.56 Å². The summed E-state index contributed by atoms with van der Waals surface area (Å²) in [6, 6.07) is 14.4. The van der Waals surface area contributed by atoms with E-state index in [0.29, 0.717) is 16.8 Å². The zero-order valence-corrected chi connectivity index (χ0v) is 16.3. The second kappa shape index (κ2) is 8.77. The average molecular weight is 429 g/mol. The van der Waals surface area contributed by atoms with Crippen LogP contribution in [0.3, 0.4) is 0 Å². The molecule has 138 valence electrons. The molecule has 0 fully saturated rings. The molecule has 0 aliphatic carbocycles. The number of hydrogen-bond donors (Lipinski definition) is 0. The number of aromatic nitrogens is 2. The Morgan fingerprint density at radius 3 is 2.78 bits per heavy atom. The van der Waals surface area contributed by atoms with Crippen molar-refractivity contribution in [3.63, 3.8) is 0 Å². The molecule has 1 aromatic heterocycles. The van der Waals surface area contributed by atoms with E-state index >= 15 is 0 Å². The smallest absolute Gasteiger partial charge is 0.341 e. The molecule has 27 heavy (non-hydrogen) atoms. The van der Waals surface area contributed by atoms with Crippen LogP contribution < -0.4 is 0 Å². The van der Waals surface area contributed by atoms with Crippen molar-refractivity contribution in [2.45, 2.75) is 13.5 Å². The number of esters is 1. The van der Waals surface area contributed by atoms with Gasteiger partial charge in [0.1, 0.15) is 17.2 Å². The van der Waals surface area contributed by atoms with Crippen molar-refractivity contribution in [2.24, 2.45) is 0 Å². The number of halogens is 2. The van der Waals surface area contributed by atoms with E-state index in [1.165, 1.54) is 12.1 Å². The standard InChI is InChI=1S/C21H18BrFN2O2/c1-2-27-21(26)18(13-16-12-17(22)8-9-19(16)23)20-24-10-11-25(20)14-15-6-4-3-5-7-15/h3-13H,2,14H2,1H3/b18-13+. The van der Waals surface area contributed by atoms with Gasteiger partial charge in [0.2, 0.25) is 0 Å². The molecule has 6 heteroatoms. The number of rotatable bonds is 6. The molecule has 0 saturated carbocycles. The van der Waals surface area contributed by atoms with Gasteiger partial charge in [-0.25, -0.2) is 14.2 Å². The van der Waals surface area contributed by atoms with Gasteiger partial charge >= 0.3 is 5.97 Å². The number of carbonyl (C=O) groups excluding carboxylic acids is 1. The summed E-state index contributed by atoms with van der Waals surface area (Å²) in [7, 11) is 0. The Morgan fingerprint density at radius 1 is 1.26 bits per heavy atom. The summed E-state index contributed by atoms with van der Waals surface area (Å²) in [5.41, 5.74) is 1.55. The molecule has 3 aromatic rings. The zero-order valence-electron chi connectivity index (χ0n) is 14.7. The van der Waals surface area contributed by atoms with E-state index < -0.39 is 11.8 Å². The van der Waals surface area contributed by atoms with Gasteiger partial charge in [-0.3, -0.25) is 0 Å². The zero-order chi connectivity index (χ0) is 19.2. The first-order chi connectivity index (χ1) is 13.1. The Labute approximate surface area is 165 Å². The Hall–Kier alpha value is -2.73. The van der Waals surface area contributed by atoms with Crippen LogP contribution >= 0.6 is 15.9 Å². The second-order valence-corrected chi connectivity index (χ2v) is 6.72. The molecule has 0 N–H and O–H groups in total. The van der Waals surface area contributed by atoms with E-state index in [2.05, 4.69) is 20.9 Å². The van der Waals surface area contributed by atoms with Gasteiger partial charge in [0, 0.05) is 29.0 Å². The lowest BCUT2D eigenvalue weighted by Gasteiger charge is -2.11. The van der Waals surface area contributed by atoms with Crippen molar-refractivity contribution in [3.8, 4) is 0 Å². The molecule has 4 nitrogen and oxygen atoms in total. The van der Waals surface area contributed by atoms with Crippen LogP contribution in [0, 0.1) is 5.82 Å². The molecule has 0 saturated heterocycles. The van der Waals surface area contributed by atoms with Crippen LogP contribution in [0.15, 0.2) is 65.4 Å². The molecule has 3 rings (SSSR count). The highest BCUT2D eigenvalue weighted by molar-refractivity contribution is 9.10. The van der Waals surface area contributed by atoms with Crippen LogP contribution in [0.1, 0.15) is 23.9 Å². The minimum Gasteiger partial charge on any atom is -0.462 e. The lowest BCUT2D eigenvalue weighted by atomic mass is 10.1. The van der Waals surface area contributed by atoms with Crippen molar-refractivity contribution in [2.75, 3.05) is 6.61 Å². The number of hydrogen-bond acceptors (Lipinski definition) is 3. The van der Waals surface area contributed by atoms with Gasteiger partial charge in [-0.2, -0.15) is 0 Å². The fourth-order valence-electron chi connectivity index (χ4n) is 2.67. The van der Waals surface area contributed by atoms with Gasteiger partial charge in [0.15, 0.2) is 0 Å². The largest absolute Gasteiger partial charge is 0.462 e. The Bertz CT molecular complexity index is 967. The van der Waals surface area contributed by atoms with Crippen LogP contribution in [-0.4, -0.2) is 22.1 Å². The van der Waals surface area contributed by atoms with Gasteiger partial charge in [-0.1, -0.05) is 46.3 Å². The topological polar surface area (TPSA) is 44.1 Å². The van der Waals surface area contributed by atoms with Gasteiger partial charge in [-0.05, 0) is 36.8 Å². The van der Waals surface area contributed by atoms with E-state index in [-0.39, 0.29) is 17.7 Å². The van der Waals surface area contributed by atoms with Gasteiger partial charge in [0.05, 0.1) is 6.61 Å². The summed E-state index contributed by atoms with van der Waals surface area (Å²) in [5, 5.41) is 0. The highest BCUT2D eigenvalue weighted by atomic mass is 79.9. The lowest BCUT2D eigenvalue weighted by molar-refractivity contribution is -0.136. The Balaban J connectivity index is 2.05. The summed E-state index contributed by atoms with van der Waals surface area (Å²) in [5.74, 6) is -0.546. The number of carbonyl (C=O) groups is 1. The van der Waals surface area contributed by atoms with Crippen molar-refractivity contribution >= 4 is 33.5 Å². The third kappa shape index (κ3) is 4.71. The van der Waals surface area contributed by atoms with E-state index in [4.69, 9.17) is 4.74 Å². The fourth-order valence-corrected chi connectivity index (χ4v) is 3.04. The maximum absolute atomic E-state index is 14.2. The molecule has 1 heterocycles. The molecule has 0 aliphatic rings. The fraction of sp³-hybridized carbons (Fsp3) is 0.143. The molecular weight excluding hydrogens is 411 g/mol. The Morgan fingerprint density at radius 2 is 2.04 bits per heavy atom. The molecule has 0 aliphatic heterocycles. The summed E-state index contributed by atoms with van der Waals surface area (Å²) >= 11 is 3.33. The van der Waals surface area contributed by atoms with E-state index in [1.807, 2.05) is 34.9 Å². The minimum atomic E-state index is -0.544. The number of benzene rings is 2. The van der Waals surface area contributed by atoms with Crippen molar-refractivity contribution in [3.05, 3.63) is 88.2 Å². The van der Waals surface area contributed by atoms with Crippen LogP contribution in [0.4, 0.5) is 4.39 Å². The predicted molar refractivity (Wildman–Crippen MR) is 106 cm³/mol. The molecule has 0 atom stereocenters. The van der Waals surface area contributed by atoms with E-state index in [9.17, 15) is 9.18 Å². The normalized spacial score (nSPS) is 11.4. The molecule has 0 spiro atoms. The van der Waals surface area contributed by atoms with Crippen LogP contribution in [0.25, 0.3) is 11.6 Å². The maximum atomic E-state index is 14.2. The monoisotopic (exact) mass is 428 g/mol. The quantitative estimate of drug-likeness (QED) is 0.412. The maximum Gasteiger partial charge on any atom is 0.341 e. The van der Waals surface area contributed by atoms with E-state index in [1.54, 1.807) is 31.5 Å². The summed E-state index contributed by atoms with van der Waals surface area (Å²) in [4.78, 5) is 16.9. The van der Waals surface area contributed by atoms with Gasteiger partial charge in [-0.15, -0.1) is 0 Å². The predicted octanol–water partition coefficient (Wildman–Crippen LogP) is 4.94. The minimum absolute atomic E-state index is 0.204. The number of ether oxygens (including phenoxy) is 1. The first-order valence-electron chi connectivity index (χ1n) is 8.47. The number of imidazole rings is 1. The molecule has 0 amide bonds. The Kier molecular flexibility index (Phi) is 6.19. The van der Waals surface area contributed by atoms with Gasteiger partial charge < -0.3 is 9.30 Å². The lowest BCUT2D eigenvalue weighted by Crippen LogP contribution is -2.12. The van der Waals surface area contributed by atoms with Crippen molar-refractivity contribution in [1.29, 1.82) is 0 Å². The third-order valence-electron chi connectivity index (χ3n) is 3.91. The highest BCUT2D eigenvalue weighted by Gasteiger charge is 2.19. The van der Waals surface area contributed by atoms with Crippen LogP contribution in [0.2, 0.25) is 0 Å². The first-order valence-corrected chi connectivity index (χ1v) is 9.27. The first kappa shape index (κ1) is 19.0. The van der Waals surface area contributed by atoms with Crippen molar-refractivity contribution in [1.82, 2.24) is 9.55 Å². The average Bonchev–Trinajstić information content (AvgIpc) is 3.11. The molecular formula is C21H18BrFN2O2.